The monoisotopic (exact) mass is 250 g/mol. The molecule has 2 rings (SSSR count). The van der Waals surface area contributed by atoms with Crippen molar-refractivity contribution in [3.8, 4) is 22.9 Å². The first-order chi connectivity index (χ1) is 8.24. The van der Waals surface area contributed by atoms with E-state index in [1.807, 2.05) is 0 Å². The number of hydrogen-bond donors (Lipinski definition) is 0. The second-order valence-corrected chi connectivity index (χ2v) is 3.73. The van der Waals surface area contributed by atoms with Crippen LogP contribution in [0.3, 0.4) is 0 Å². The van der Waals surface area contributed by atoms with E-state index >= 15 is 0 Å². The average Bonchev–Trinajstić information content (AvgIpc) is 2.39. The largest absolute Gasteiger partial charge is 0.496 e. The molecule has 0 spiro atoms. The lowest BCUT2D eigenvalue weighted by Crippen LogP contribution is -1.94. The van der Waals surface area contributed by atoms with Crippen LogP contribution in [-0.4, -0.2) is 24.2 Å². The highest BCUT2D eigenvalue weighted by molar-refractivity contribution is 6.30. The van der Waals surface area contributed by atoms with Gasteiger partial charge < -0.3 is 9.47 Å². The molecule has 0 fully saturated rings. The van der Waals surface area contributed by atoms with Gasteiger partial charge in [0.25, 0.3) is 0 Å². The number of rotatable bonds is 3. The fourth-order valence-corrected chi connectivity index (χ4v) is 1.59. The number of halogens is 1. The van der Waals surface area contributed by atoms with Crippen LogP contribution in [0.25, 0.3) is 11.4 Å². The van der Waals surface area contributed by atoms with Gasteiger partial charge in [0.2, 0.25) is 0 Å². The van der Waals surface area contributed by atoms with Crippen molar-refractivity contribution in [2.45, 2.75) is 0 Å². The summed E-state index contributed by atoms with van der Waals surface area (Å²) in [5.41, 5.74) is 0.752. The first-order valence-electron chi connectivity index (χ1n) is 4.94. The molecular weight excluding hydrogens is 240 g/mol. The molecule has 2 aromatic rings. The molecule has 0 saturated heterocycles. The summed E-state index contributed by atoms with van der Waals surface area (Å²) in [5, 5.41) is 0.611. The first kappa shape index (κ1) is 11.7. The minimum Gasteiger partial charge on any atom is -0.496 e. The molecule has 0 aliphatic carbocycles. The molecule has 1 heterocycles. The summed E-state index contributed by atoms with van der Waals surface area (Å²) in [5.74, 6) is 1.83. The smallest absolute Gasteiger partial charge is 0.163 e. The number of methoxy groups -OCH3 is 2. The summed E-state index contributed by atoms with van der Waals surface area (Å²) in [6, 6.07) is 5.31. The Morgan fingerprint density at radius 3 is 2.35 bits per heavy atom. The highest BCUT2D eigenvalue weighted by atomic mass is 35.5. The van der Waals surface area contributed by atoms with Crippen LogP contribution in [0.4, 0.5) is 0 Å². The van der Waals surface area contributed by atoms with Gasteiger partial charge in [-0.15, -0.1) is 0 Å². The molecular formula is C12H11ClN2O2. The summed E-state index contributed by atoms with van der Waals surface area (Å²) in [7, 11) is 3.16. The lowest BCUT2D eigenvalue weighted by molar-refractivity contribution is 0.410. The van der Waals surface area contributed by atoms with Gasteiger partial charge in [-0.3, -0.25) is 0 Å². The Balaban J connectivity index is 2.47. The van der Waals surface area contributed by atoms with E-state index in [2.05, 4.69) is 9.97 Å². The van der Waals surface area contributed by atoms with Gasteiger partial charge >= 0.3 is 0 Å². The van der Waals surface area contributed by atoms with Crippen LogP contribution in [0.5, 0.6) is 11.5 Å². The second-order valence-electron chi connectivity index (χ2n) is 3.29. The first-order valence-corrected chi connectivity index (χ1v) is 5.32. The minimum absolute atomic E-state index is 0.546. The molecule has 1 aromatic carbocycles. The molecule has 5 heteroatoms. The van der Waals surface area contributed by atoms with Crippen LogP contribution in [0.15, 0.2) is 30.6 Å². The molecule has 1 aromatic heterocycles. The second kappa shape index (κ2) is 5.01. The third kappa shape index (κ3) is 2.47. The van der Waals surface area contributed by atoms with Crippen LogP contribution in [0.2, 0.25) is 5.02 Å². The Labute approximate surface area is 104 Å². The van der Waals surface area contributed by atoms with Crippen LogP contribution in [0.1, 0.15) is 0 Å². The predicted octanol–water partition coefficient (Wildman–Crippen LogP) is 2.81. The Bertz CT molecular complexity index is 514. The van der Waals surface area contributed by atoms with Crippen LogP contribution < -0.4 is 9.47 Å². The zero-order chi connectivity index (χ0) is 12.3. The fourth-order valence-electron chi connectivity index (χ4n) is 1.42. The summed E-state index contributed by atoms with van der Waals surface area (Å²) < 4.78 is 10.2. The van der Waals surface area contributed by atoms with Gasteiger partial charge in [0.15, 0.2) is 11.6 Å². The van der Waals surface area contributed by atoms with E-state index in [0.29, 0.717) is 22.3 Å². The molecule has 0 amide bonds. The normalized spacial score (nSPS) is 10.1. The number of benzene rings is 1. The number of hydrogen-bond acceptors (Lipinski definition) is 4. The molecule has 0 unspecified atom stereocenters. The number of aromatic nitrogens is 2. The fraction of sp³-hybridized carbons (Fsp3) is 0.167. The average molecular weight is 251 g/mol. The molecule has 0 atom stereocenters. The van der Waals surface area contributed by atoms with Crippen LogP contribution in [-0.2, 0) is 0 Å². The third-order valence-electron chi connectivity index (χ3n) is 2.27. The minimum atomic E-state index is 0.546. The molecule has 0 aliphatic heterocycles. The molecule has 0 aliphatic rings. The zero-order valence-electron chi connectivity index (χ0n) is 9.48. The molecule has 0 radical (unpaired) electrons. The van der Waals surface area contributed by atoms with Gasteiger partial charge in [-0.05, 0) is 18.2 Å². The van der Waals surface area contributed by atoms with Crippen LogP contribution >= 0.6 is 11.6 Å². The maximum atomic E-state index is 5.95. The molecule has 0 saturated carbocycles. The van der Waals surface area contributed by atoms with Gasteiger partial charge in [0, 0.05) is 5.02 Å². The van der Waals surface area contributed by atoms with Crippen molar-refractivity contribution in [3.63, 3.8) is 0 Å². The summed E-state index contributed by atoms with van der Waals surface area (Å²) in [6.45, 7) is 0. The summed E-state index contributed by atoms with van der Waals surface area (Å²) in [6.07, 6.45) is 3.20. The molecule has 17 heavy (non-hydrogen) atoms. The van der Waals surface area contributed by atoms with Gasteiger partial charge in [0.05, 0.1) is 32.2 Å². The van der Waals surface area contributed by atoms with Gasteiger partial charge in [-0.2, -0.15) is 0 Å². The van der Waals surface area contributed by atoms with E-state index in [1.165, 1.54) is 0 Å². The van der Waals surface area contributed by atoms with E-state index in [1.54, 1.807) is 44.8 Å². The van der Waals surface area contributed by atoms with Crippen LogP contribution in [0, 0.1) is 0 Å². The van der Waals surface area contributed by atoms with Crippen molar-refractivity contribution in [2.24, 2.45) is 0 Å². The van der Waals surface area contributed by atoms with Crippen molar-refractivity contribution in [3.05, 3.63) is 35.6 Å². The van der Waals surface area contributed by atoms with E-state index in [-0.39, 0.29) is 0 Å². The molecule has 88 valence electrons. The maximum absolute atomic E-state index is 5.95. The van der Waals surface area contributed by atoms with Crippen molar-refractivity contribution in [1.29, 1.82) is 0 Å². The lowest BCUT2D eigenvalue weighted by atomic mass is 10.2. The van der Waals surface area contributed by atoms with Gasteiger partial charge in [-0.25, -0.2) is 9.97 Å². The maximum Gasteiger partial charge on any atom is 0.163 e. The molecule has 0 bridgehead atoms. The Kier molecular flexibility index (Phi) is 3.44. The summed E-state index contributed by atoms with van der Waals surface area (Å²) in [4.78, 5) is 8.39. The van der Waals surface area contributed by atoms with Crippen molar-refractivity contribution in [1.82, 2.24) is 9.97 Å². The standard InChI is InChI=1S/C12H11ClN2O2/c1-16-9-6-14-12(15-7-9)10-5-8(13)3-4-11(10)17-2/h3-7H,1-2H3. The Morgan fingerprint density at radius 2 is 1.76 bits per heavy atom. The number of ether oxygens (including phenoxy) is 2. The third-order valence-corrected chi connectivity index (χ3v) is 2.50. The van der Waals surface area contributed by atoms with Gasteiger partial charge in [-0.1, -0.05) is 11.6 Å². The zero-order valence-corrected chi connectivity index (χ0v) is 10.2. The molecule has 4 nitrogen and oxygen atoms in total. The van der Waals surface area contributed by atoms with Crippen molar-refractivity contribution in [2.75, 3.05) is 14.2 Å². The highest BCUT2D eigenvalue weighted by Gasteiger charge is 2.09. The van der Waals surface area contributed by atoms with Crippen molar-refractivity contribution >= 4 is 11.6 Å². The van der Waals surface area contributed by atoms with E-state index < -0.39 is 0 Å². The van der Waals surface area contributed by atoms with E-state index in [0.717, 1.165) is 5.56 Å². The summed E-state index contributed by atoms with van der Waals surface area (Å²) >= 11 is 5.95. The number of nitrogens with zero attached hydrogens (tertiary/aromatic N) is 2. The molecule has 0 N–H and O–H groups in total. The Morgan fingerprint density at radius 1 is 1.06 bits per heavy atom. The highest BCUT2D eigenvalue weighted by Crippen LogP contribution is 2.30. The van der Waals surface area contributed by atoms with E-state index in [9.17, 15) is 0 Å². The lowest BCUT2D eigenvalue weighted by Gasteiger charge is -2.07. The quantitative estimate of drug-likeness (QED) is 0.840. The predicted molar refractivity (Wildman–Crippen MR) is 65.6 cm³/mol. The van der Waals surface area contributed by atoms with Crippen molar-refractivity contribution < 1.29 is 9.47 Å². The topological polar surface area (TPSA) is 44.2 Å². The SMILES string of the molecule is COc1cnc(-c2cc(Cl)ccc2OC)nc1. The van der Waals surface area contributed by atoms with Gasteiger partial charge in [0.1, 0.15) is 5.75 Å². The Hall–Kier alpha value is -1.81. The van der Waals surface area contributed by atoms with E-state index in [4.69, 9.17) is 21.1 Å².